The van der Waals surface area contributed by atoms with Crippen LogP contribution in [0.5, 0.6) is 5.75 Å². The molecule has 0 unspecified atom stereocenters. The minimum Gasteiger partial charge on any atom is -0.493 e. The van der Waals surface area contributed by atoms with Gasteiger partial charge in [-0.2, -0.15) is 0 Å². The Balaban J connectivity index is 0.000000500. The zero-order valence-electron chi connectivity index (χ0n) is 14.8. The summed E-state index contributed by atoms with van der Waals surface area (Å²) in [7, 11) is -6.00. The molecule has 0 N–H and O–H groups in total. The lowest BCUT2D eigenvalue weighted by Gasteiger charge is -2.05. The Hall–Kier alpha value is -1.68. The quantitative estimate of drug-likeness (QED) is 0.156. The Labute approximate surface area is 176 Å². The third-order valence-corrected chi connectivity index (χ3v) is 7.40. The van der Waals surface area contributed by atoms with Crippen molar-refractivity contribution >= 4 is 19.0 Å². The first-order valence-electron chi connectivity index (χ1n) is 8.39. The fourth-order valence-electron chi connectivity index (χ4n) is 2.06. The van der Waals surface area contributed by atoms with Gasteiger partial charge in [0.15, 0.2) is 3.57 Å². The number of ether oxygens (including phenoxy) is 1. The molecule has 28 heavy (non-hydrogen) atoms. The number of hydrogen-bond donors (Lipinski definition) is 0. The molecular weight excluding hydrogens is 502 g/mol. The second-order valence-corrected chi connectivity index (χ2v) is 9.41. The van der Waals surface area contributed by atoms with E-state index in [1.54, 1.807) is 0 Å². The number of para-hydroxylation sites is 1. The Morgan fingerprint density at radius 2 is 1.29 bits per heavy atom. The van der Waals surface area contributed by atoms with Gasteiger partial charge in [0, 0.05) is 5.75 Å². The van der Waals surface area contributed by atoms with E-state index in [2.05, 4.69) is 54.6 Å². The van der Waals surface area contributed by atoms with Gasteiger partial charge < -0.3 is 22.0 Å². The molecule has 0 radical (unpaired) electrons. The first-order valence-corrected chi connectivity index (χ1v) is 11.5. The highest BCUT2D eigenvalue weighted by Gasteiger charge is 2.20. The van der Waals surface area contributed by atoms with Crippen molar-refractivity contribution in [1.82, 2.24) is 0 Å². The Morgan fingerprint density at radius 1 is 0.750 bits per heavy atom. The lowest BCUT2D eigenvalue weighted by Crippen LogP contribution is -3.61. The third kappa shape index (κ3) is 10.0. The second kappa shape index (κ2) is 12.0. The molecule has 0 aromatic heterocycles. The molecule has 0 spiro atoms. The standard InChI is InChI=1S/C20H18IOS.BF4/c1-3-9-17(10-4-1)21-19-13-7-8-14-20(19)23-16-15-22-18-11-5-2-6-12-18;2-1(3,4)5/h1-14H,15-16H2;/q+1;-1. The summed E-state index contributed by atoms with van der Waals surface area (Å²) < 4.78 is 47.7. The molecular formula is C20H18BF4IOS. The first-order chi connectivity index (χ1) is 13.4. The number of rotatable bonds is 7. The van der Waals surface area contributed by atoms with E-state index in [0.717, 1.165) is 18.1 Å². The highest BCUT2D eigenvalue weighted by atomic mass is 127. The Morgan fingerprint density at radius 3 is 1.93 bits per heavy atom. The van der Waals surface area contributed by atoms with Crippen LogP contribution in [0.15, 0.2) is 89.8 Å². The molecule has 0 bridgehead atoms. The molecule has 0 saturated heterocycles. The molecule has 3 aromatic rings. The van der Waals surface area contributed by atoms with E-state index in [9.17, 15) is 17.3 Å². The molecule has 3 rings (SSSR count). The Bertz CT molecular complexity index is 813. The molecule has 0 fully saturated rings. The van der Waals surface area contributed by atoms with Crippen molar-refractivity contribution in [2.24, 2.45) is 0 Å². The molecule has 0 amide bonds. The van der Waals surface area contributed by atoms with Gasteiger partial charge in [-0.3, -0.25) is 0 Å². The predicted molar refractivity (Wildman–Crippen MR) is 103 cm³/mol. The molecule has 0 aliphatic rings. The van der Waals surface area contributed by atoms with Gasteiger partial charge in [-0.1, -0.05) is 48.5 Å². The summed E-state index contributed by atoms with van der Waals surface area (Å²) in [4.78, 5) is 1.39. The molecule has 0 saturated carbocycles. The van der Waals surface area contributed by atoms with E-state index in [1.807, 2.05) is 42.1 Å². The van der Waals surface area contributed by atoms with Crippen molar-refractivity contribution < 1.29 is 43.2 Å². The van der Waals surface area contributed by atoms with Gasteiger partial charge >= 0.3 is 28.5 Å². The minimum atomic E-state index is -6.00. The average Bonchev–Trinajstić information content (AvgIpc) is 2.67. The number of thioether (sulfide) groups is 1. The molecule has 0 aliphatic carbocycles. The SMILES string of the molecule is F[B-](F)(F)F.c1ccc(OCCSc2ccccc2[I+]c2ccccc2)cc1. The summed E-state index contributed by atoms with van der Waals surface area (Å²) in [5.41, 5.74) is 0. The van der Waals surface area contributed by atoms with Gasteiger partial charge in [-0.25, -0.2) is 0 Å². The van der Waals surface area contributed by atoms with Crippen LogP contribution < -0.4 is 25.9 Å². The van der Waals surface area contributed by atoms with Crippen molar-refractivity contribution in [2.75, 3.05) is 12.4 Å². The van der Waals surface area contributed by atoms with E-state index in [4.69, 9.17) is 4.74 Å². The molecule has 0 aliphatic heterocycles. The highest BCUT2D eigenvalue weighted by Crippen LogP contribution is 2.17. The zero-order valence-corrected chi connectivity index (χ0v) is 17.8. The van der Waals surface area contributed by atoms with Gasteiger partial charge in [0.25, 0.3) is 0 Å². The molecule has 148 valence electrons. The summed E-state index contributed by atoms with van der Waals surface area (Å²) in [5, 5.41) is 0. The maximum atomic E-state index is 9.75. The summed E-state index contributed by atoms with van der Waals surface area (Å²) in [6.07, 6.45) is 0. The van der Waals surface area contributed by atoms with Gasteiger partial charge in [0.05, 0.1) is 11.5 Å². The van der Waals surface area contributed by atoms with E-state index >= 15 is 0 Å². The van der Waals surface area contributed by atoms with Gasteiger partial charge in [-0.15, -0.1) is 11.8 Å². The van der Waals surface area contributed by atoms with Crippen molar-refractivity contribution in [3.05, 3.63) is 92.1 Å². The maximum absolute atomic E-state index is 9.75. The minimum absolute atomic E-state index is 0.121. The fourth-order valence-corrected chi connectivity index (χ4v) is 5.83. The highest BCUT2D eigenvalue weighted by molar-refractivity contribution is 7.99. The van der Waals surface area contributed by atoms with Crippen LogP contribution in [-0.2, 0) is 0 Å². The molecule has 8 heteroatoms. The van der Waals surface area contributed by atoms with Crippen LogP contribution in [0, 0.1) is 7.14 Å². The number of hydrogen-bond acceptors (Lipinski definition) is 2. The van der Waals surface area contributed by atoms with Crippen LogP contribution in [0.1, 0.15) is 0 Å². The topological polar surface area (TPSA) is 9.23 Å². The fraction of sp³-hybridized carbons (Fsp3) is 0.100. The van der Waals surface area contributed by atoms with Gasteiger partial charge in [0.1, 0.15) is 5.75 Å². The van der Waals surface area contributed by atoms with E-state index in [1.165, 1.54) is 12.0 Å². The summed E-state index contributed by atoms with van der Waals surface area (Å²) in [6, 6.07) is 29.5. The van der Waals surface area contributed by atoms with E-state index in [0.29, 0.717) is 0 Å². The lowest BCUT2D eigenvalue weighted by molar-refractivity contribution is -0.601. The van der Waals surface area contributed by atoms with E-state index in [-0.39, 0.29) is 21.2 Å². The van der Waals surface area contributed by atoms with Crippen molar-refractivity contribution in [3.8, 4) is 5.75 Å². The molecule has 0 atom stereocenters. The van der Waals surface area contributed by atoms with Crippen LogP contribution >= 0.6 is 11.8 Å². The number of benzene rings is 3. The lowest BCUT2D eigenvalue weighted by atomic mass is 10.3. The Kier molecular flexibility index (Phi) is 9.70. The summed E-state index contributed by atoms with van der Waals surface area (Å²) >= 11 is 1.77. The van der Waals surface area contributed by atoms with E-state index < -0.39 is 7.25 Å². The van der Waals surface area contributed by atoms with Crippen molar-refractivity contribution in [2.45, 2.75) is 4.90 Å². The largest absolute Gasteiger partial charge is 0.673 e. The summed E-state index contributed by atoms with van der Waals surface area (Å²) in [6.45, 7) is 0.729. The van der Waals surface area contributed by atoms with Crippen LogP contribution in [0.2, 0.25) is 0 Å². The zero-order chi connectivity index (χ0) is 20.2. The van der Waals surface area contributed by atoms with Crippen molar-refractivity contribution in [3.63, 3.8) is 0 Å². The molecule has 0 heterocycles. The number of halogens is 5. The van der Waals surface area contributed by atoms with Crippen LogP contribution in [0.4, 0.5) is 17.3 Å². The van der Waals surface area contributed by atoms with Crippen LogP contribution in [-0.4, -0.2) is 19.6 Å². The monoisotopic (exact) mass is 520 g/mol. The second-order valence-electron chi connectivity index (χ2n) is 5.33. The van der Waals surface area contributed by atoms with Crippen LogP contribution in [0.25, 0.3) is 0 Å². The molecule has 1 nitrogen and oxygen atoms in total. The molecule has 3 aromatic carbocycles. The predicted octanol–water partition coefficient (Wildman–Crippen LogP) is 3.29. The smallest absolute Gasteiger partial charge is 0.493 e. The van der Waals surface area contributed by atoms with Crippen LogP contribution in [0.3, 0.4) is 0 Å². The summed E-state index contributed by atoms with van der Waals surface area (Å²) in [5.74, 6) is 1.91. The van der Waals surface area contributed by atoms with Gasteiger partial charge in [0.2, 0.25) is 3.57 Å². The van der Waals surface area contributed by atoms with Gasteiger partial charge in [-0.05, 0) is 36.4 Å². The normalized spacial score (nSPS) is 10.7. The maximum Gasteiger partial charge on any atom is 0.673 e. The first kappa shape index (κ1) is 22.6. The third-order valence-electron chi connectivity index (χ3n) is 3.13. The average molecular weight is 520 g/mol. The van der Waals surface area contributed by atoms with Crippen molar-refractivity contribution in [1.29, 1.82) is 0 Å².